The van der Waals surface area contributed by atoms with Gasteiger partial charge in [-0.3, -0.25) is 0 Å². The lowest BCUT2D eigenvalue weighted by Gasteiger charge is -2.55. The summed E-state index contributed by atoms with van der Waals surface area (Å²) in [4.78, 5) is 4.38. The fraction of sp³-hybridized carbons (Fsp3) is 0.800. The Balaban J connectivity index is 1.70. The largest absolute Gasteiger partial charge is 0.443 e. The Morgan fingerprint density at radius 2 is 1.78 bits per heavy atom. The van der Waals surface area contributed by atoms with E-state index in [1.54, 1.807) is 0 Å². The smallest absolute Gasteiger partial charge is 0.211 e. The molecule has 1 aromatic heterocycles. The third-order valence-corrected chi connectivity index (χ3v) is 5.47. The van der Waals surface area contributed by atoms with Crippen LogP contribution in [0.15, 0.2) is 10.6 Å². The molecule has 0 saturated heterocycles. The molecule has 4 aliphatic rings. The van der Waals surface area contributed by atoms with Gasteiger partial charge in [0.15, 0.2) is 0 Å². The summed E-state index contributed by atoms with van der Waals surface area (Å²) in [5.41, 5.74) is 6.18. The third kappa shape index (κ3) is 1.49. The van der Waals surface area contributed by atoms with Crippen LogP contribution in [-0.4, -0.2) is 4.98 Å². The van der Waals surface area contributed by atoms with Gasteiger partial charge in [0, 0.05) is 5.41 Å². The molecule has 2 N–H and O–H groups in total. The van der Waals surface area contributed by atoms with Gasteiger partial charge in [-0.1, -0.05) is 0 Å². The van der Waals surface area contributed by atoms with Gasteiger partial charge in [-0.15, -0.1) is 0 Å². The molecule has 1 unspecified atom stereocenters. The van der Waals surface area contributed by atoms with Crippen LogP contribution in [-0.2, 0) is 5.41 Å². The highest BCUT2D eigenvalue weighted by molar-refractivity contribution is 5.19. The summed E-state index contributed by atoms with van der Waals surface area (Å²) in [6, 6.07) is -0.0901. The van der Waals surface area contributed by atoms with Crippen LogP contribution in [0.25, 0.3) is 0 Å². The Labute approximate surface area is 108 Å². The molecule has 1 atom stereocenters. The summed E-state index contributed by atoms with van der Waals surface area (Å²) in [5, 5.41) is 0. The predicted octanol–water partition coefficient (Wildman–Crippen LogP) is 3.16. The van der Waals surface area contributed by atoms with Crippen LogP contribution >= 0.6 is 0 Å². The van der Waals surface area contributed by atoms with Gasteiger partial charge in [0.1, 0.15) is 5.76 Å². The Morgan fingerprint density at radius 3 is 2.22 bits per heavy atom. The molecule has 1 aromatic rings. The molecule has 18 heavy (non-hydrogen) atoms. The van der Waals surface area contributed by atoms with Gasteiger partial charge in [0.25, 0.3) is 0 Å². The molecule has 0 spiro atoms. The van der Waals surface area contributed by atoms with E-state index in [1.807, 2.05) is 13.1 Å². The number of rotatable bonds is 2. The first-order valence-electron chi connectivity index (χ1n) is 7.36. The summed E-state index contributed by atoms with van der Waals surface area (Å²) in [6.07, 6.45) is 10.3. The minimum atomic E-state index is -0.0901. The van der Waals surface area contributed by atoms with Gasteiger partial charge in [-0.25, -0.2) is 4.98 Å². The van der Waals surface area contributed by atoms with E-state index >= 15 is 0 Å². The van der Waals surface area contributed by atoms with Gasteiger partial charge >= 0.3 is 0 Å². The van der Waals surface area contributed by atoms with Crippen LogP contribution in [0.5, 0.6) is 0 Å². The number of aromatic nitrogens is 1. The van der Waals surface area contributed by atoms with Crippen molar-refractivity contribution in [2.75, 3.05) is 0 Å². The highest BCUT2D eigenvalue weighted by atomic mass is 16.4. The van der Waals surface area contributed by atoms with Crippen molar-refractivity contribution < 1.29 is 4.42 Å². The molecule has 0 aromatic carbocycles. The number of oxazole rings is 1. The minimum Gasteiger partial charge on any atom is -0.443 e. The average Bonchev–Trinajstić information content (AvgIpc) is 2.76. The maximum absolute atomic E-state index is 5.99. The van der Waals surface area contributed by atoms with Crippen molar-refractivity contribution >= 4 is 0 Å². The fourth-order valence-electron chi connectivity index (χ4n) is 5.16. The van der Waals surface area contributed by atoms with Crippen molar-refractivity contribution in [1.29, 1.82) is 0 Å². The zero-order valence-corrected chi connectivity index (χ0v) is 11.1. The molecular formula is C15H22N2O. The monoisotopic (exact) mass is 246 g/mol. The van der Waals surface area contributed by atoms with E-state index in [9.17, 15) is 0 Å². The van der Waals surface area contributed by atoms with Gasteiger partial charge in [0.05, 0.1) is 12.2 Å². The molecule has 0 amide bonds. The highest BCUT2D eigenvalue weighted by Crippen LogP contribution is 2.60. The zero-order chi connectivity index (χ0) is 12.3. The van der Waals surface area contributed by atoms with Gasteiger partial charge < -0.3 is 10.2 Å². The Kier molecular flexibility index (Phi) is 2.20. The van der Waals surface area contributed by atoms with Crippen molar-refractivity contribution in [3.63, 3.8) is 0 Å². The zero-order valence-electron chi connectivity index (χ0n) is 11.1. The molecule has 0 aliphatic heterocycles. The second-order valence-corrected chi connectivity index (χ2v) is 7.05. The fourth-order valence-corrected chi connectivity index (χ4v) is 5.16. The first kappa shape index (κ1) is 11.0. The van der Waals surface area contributed by atoms with Crippen molar-refractivity contribution in [3.8, 4) is 0 Å². The molecule has 1 heterocycles. The average molecular weight is 246 g/mol. The predicted molar refractivity (Wildman–Crippen MR) is 69.0 cm³/mol. The van der Waals surface area contributed by atoms with Crippen LogP contribution in [0.2, 0.25) is 0 Å². The lowest BCUT2D eigenvalue weighted by molar-refractivity contribution is -0.0157. The van der Waals surface area contributed by atoms with E-state index in [0.29, 0.717) is 11.3 Å². The van der Waals surface area contributed by atoms with Crippen LogP contribution in [0.3, 0.4) is 0 Å². The summed E-state index contributed by atoms with van der Waals surface area (Å²) < 4.78 is 5.99. The van der Waals surface area contributed by atoms with E-state index in [1.165, 1.54) is 38.5 Å². The maximum Gasteiger partial charge on any atom is 0.211 e. The number of hydrogen-bond acceptors (Lipinski definition) is 3. The number of hydrogen-bond donors (Lipinski definition) is 1. The number of nitrogens with two attached hydrogens (primary N) is 1. The van der Waals surface area contributed by atoms with Crippen LogP contribution < -0.4 is 5.73 Å². The van der Waals surface area contributed by atoms with E-state index in [-0.39, 0.29) is 6.04 Å². The first-order chi connectivity index (χ1) is 8.64. The van der Waals surface area contributed by atoms with Gasteiger partial charge in [0.2, 0.25) is 5.89 Å². The highest BCUT2D eigenvalue weighted by Gasteiger charge is 2.53. The first-order valence-corrected chi connectivity index (χ1v) is 7.36. The maximum atomic E-state index is 5.99. The molecular weight excluding hydrogens is 224 g/mol. The lowest BCUT2D eigenvalue weighted by atomic mass is 9.49. The van der Waals surface area contributed by atoms with Crippen molar-refractivity contribution in [1.82, 2.24) is 4.98 Å². The molecule has 98 valence electrons. The standard InChI is InChI=1S/C15H22N2O/c1-9(16)14-17-8-13(18-14)15-5-10-2-11(6-15)4-12(3-10)7-15/h8-12H,2-7,16H2,1H3. The SMILES string of the molecule is CC(N)c1ncc(C23CC4CC(CC(C4)C2)C3)o1. The molecule has 4 aliphatic carbocycles. The normalized spacial score (nSPS) is 43.3. The Morgan fingerprint density at radius 1 is 1.22 bits per heavy atom. The van der Waals surface area contributed by atoms with Gasteiger partial charge in [-0.2, -0.15) is 0 Å². The quantitative estimate of drug-likeness (QED) is 0.872. The Bertz CT molecular complexity index is 428. The van der Waals surface area contributed by atoms with Crippen molar-refractivity contribution in [3.05, 3.63) is 17.8 Å². The van der Waals surface area contributed by atoms with E-state index in [2.05, 4.69) is 4.98 Å². The molecule has 4 bridgehead atoms. The minimum absolute atomic E-state index is 0.0901. The second-order valence-electron chi connectivity index (χ2n) is 7.05. The summed E-state index contributed by atoms with van der Waals surface area (Å²) in [6.45, 7) is 1.94. The Hall–Kier alpha value is -0.830. The molecule has 4 fully saturated rings. The molecule has 4 saturated carbocycles. The van der Waals surface area contributed by atoms with E-state index < -0.39 is 0 Å². The summed E-state index contributed by atoms with van der Waals surface area (Å²) in [7, 11) is 0. The van der Waals surface area contributed by atoms with Crippen LogP contribution in [0.1, 0.15) is 63.1 Å². The molecule has 0 radical (unpaired) electrons. The molecule has 3 nitrogen and oxygen atoms in total. The second kappa shape index (κ2) is 3.60. The van der Waals surface area contributed by atoms with Crippen molar-refractivity contribution in [2.24, 2.45) is 23.5 Å². The number of nitrogens with zero attached hydrogens (tertiary/aromatic N) is 1. The summed E-state index contributed by atoms with van der Waals surface area (Å²) in [5.74, 6) is 4.68. The van der Waals surface area contributed by atoms with Crippen molar-refractivity contribution in [2.45, 2.75) is 56.9 Å². The van der Waals surface area contributed by atoms with Crippen LogP contribution in [0.4, 0.5) is 0 Å². The van der Waals surface area contributed by atoms with E-state index in [4.69, 9.17) is 10.2 Å². The third-order valence-electron chi connectivity index (χ3n) is 5.47. The van der Waals surface area contributed by atoms with E-state index in [0.717, 1.165) is 23.5 Å². The summed E-state index contributed by atoms with van der Waals surface area (Å²) >= 11 is 0. The topological polar surface area (TPSA) is 52.0 Å². The van der Waals surface area contributed by atoms with Gasteiger partial charge in [-0.05, 0) is 63.2 Å². The molecule has 5 rings (SSSR count). The molecule has 3 heteroatoms. The van der Waals surface area contributed by atoms with Crippen LogP contribution in [0, 0.1) is 17.8 Å². The lowest BCUT2D eigenvalue weighted by Crippen LogP contribution is -2.48.